The van der Waals surface area contributed by atoms with E-state index in [1.165, 1.54) is 0 Å². The largest absolute Gasteiger partial charge is 0.497 e. The Kier molecular flexibility index (Phi) is 7.05. The van der Waals surface area contributed by atoms with Gasteiger partial charge in [0, 0.05) is 25.2 Å². The van der Waals surface area contributed by atoms with Crippen LogP contribution in [-0.2, 0) is 16.6 Å². The number of carbonyl (C=O) groups excluding carboxylic acids is 1. The zero-order valence-corrected chi connectivity index (χ0v) is 17.7. The number of benzene rings is 2. The average molecular weight is 417 g/mol. The minimum absolute atomic E-state index is 0.0660. The second-order valence-electron chi connectivity index (χ2n) is 7.53. The maximum atomic E-state index is 12.6. The van der Waals surface area contributed by atoms with Gasteiger partial charge in [-0.3, -0.25) is 9.69 Å². The molecular formula is C22H28N2O4S. The lowest BCUT2D eigenvalue weighted by atomic mass is 9.97. The van der Waals surface area contributed by atoms with Crippen molar-refractivity contribution < 1.29 is 17.9 Å². The summed E-state index contributed by atoms with van der Waals surface area (Å²) in [4.78, 5) is 14.2. The van der Waals surface area contributed by atoms with Gasteiger partial charge in [-0.1, -0.05) is 18.2 Å². The molecule has 1 aliphatic heterocycles. The van der Waals surface area contributed by atoms with Crippen molar-refractivity contribution >= 4 is 15.8 Å². The van der Waals surface area contributed by atoms with E-state index in [1.807, 2.05) is 24.3 Å². The number of Topliss-reactive ketones (excluding diaryl/α,β-unsaturated/α-hetero) is 1. The number of ketones is 1. The summed E-state index contributed by atoms with van der Waals surface area (Å²) in [5, 5.41) is 0. The molecule has 0 aliphatic carbocycles. The van der Waals surface area contributed by atoms with Crippen LogP contribution in [-0.4, -0.2) is 45.8 Å². The van der Waals surface area contributed by atoms with Crippen molar-refractivity contribution in [1.29, 1.82) is 0 Å². The zero-order valence-electron chi connectivity index (χ0n) is 16.9. The SMILES string of the molecule is COc1ccc(S(=O)(=O)NC[C@@H]2CCCN(Cc3cccc(C(C)=O)c3)C2)cc1. The van der Waals surface area contributed by atoms with Crippen LogP contribution in [0, 0.1) is 5.92 Å². The third-order valence-electron chi connectivity index (χ3n) is 5.27. The van der Waals surface area contributed by atoms with Crippen LogP contribution in [0.5, 0.6) is 5.75 Å². The normalized spacial score (nSPS) is 17.8. The number of hydrogen-bond acceptors (Lipinski definition) is 5. The van der Waals surface area contributed by atoms with Crippen molar-refractivity contribution in [1.82, 2.24) is 9.62 Å². The second kappa shape index (κ2) is 9.52. The summed E-state index contributed by atoms with van der Waals surface area (Å²) in [7, 11) is -1.99. The molecule has 1 atom stereocenters. The Labute approximate surface area is 172 Å². The molecule has 1 saturated heterocycles. The van der Waals surface area contributed by atoms with Crippen LogP contribution in [0.15, 0.2) is 53.4 Å². The number of methoxy groups -OCH3 is 1. The number of piperidine rings is 1. The molecule has 0 radical (unpaired) electrons. The zero-order chi connectivity index (χ0) is 20.9. The van der Waals surface area contributed by atoms with E-state index < -0.39 is 10.0 Å². The van der Waals surface area contributed by atoms with Crippen LogP contribution < -0.4 is 9.46 Å². The summed E-state index contributed by atoms with van der Waals surface area (Å²) in [5.74, 6) is 0.949. The number of likely N-dealkylation sites (tertiary alicyclic amines) is 1. The molecule has 0 aromatic heterocycles. The highest BCUT2D eigenvalue weighted by molar-refractivity contribution is 7.89. The highest BCUT2D eigenvalue weighted by Gasteiger charge is 2.23. The topological polar surface area (TPSA) is 75.7 Å². The fourth-order valence-electron chi connectivity index (χ4n) is 3.67. The third kappa shape index (κ3) is 5.88. The first-order valence-electron chi connectivity index (χ1n) is 9.83. The van der Waals surface area contributed by atoms with Crippen molar-refractivity contribution in [3.63, 3.8) is 0 Å². The molecule has 2 aromatic carbocycles. The smallest absolute Gasteiger partial charge is 0.240 e. The van der Waals surface area contributed by atoms with E-state index in [1.54, 1.807) is 38.3 Å². The van der Waals surface area contributed by atoms with Gasteiger partial charge in [0.25, 0.3) is 0 Å². The Bertz CT molecular complexity index is 942. The lowest BCUT2D eigenvalue weighted by Gasteiger charge is -2.32. The van der Waals surface area contributed by atoms with Gasteiger partial charge in [-0.05, 0) is 68.1 Å². The summed E-state index contributed by atoms with van der Waals surface area (Å²) in [6.45, 7) is 4.56. The van der Waals surface area contributed by atoms with Crippen molar-refractivity contribution in [2.75, 3.05) is 26.7 Å². The Morgan fingerprint density at radius 2 is 1.97 bits per heavy atom. The Morgan fingerprint density at radius 3 is 2.66 bits per heavy atom. The molecule has 2 aromatic rings. The van der Waals surface area contributed by atoms with Crippen LogP contribution in [0.1, 0.15) is 35.7 Å². The first-order valence-corrected chi connectivity index (χ1v) is 11.3. The van der Waals surface area contributed by atoms with Crippen LogP contribution in [0.2, 0.25) is 0 Å². The Balaban J connectivity index is 1.56. The number of ether oxygens (including phenoxy) is 1. The molecule has 0 amide bonds. The second-order valence-corrected chi connectivity index (χ2v) is 9.29. The number of nitrogens with zero attached hydrogens (tertiary/aromatic N) is 1. The fourth-order valence-corrected chi connectivity index (χ4v) is 4.79. The van der Waals surface area contributed by atoms with Crippen LogP contribution in [0.4, 0.5) is 0 Å². The van der Waals surface area contributed by atoms with Gasteiger partial charge in [-0.25, -0.2) is 13.1 Å². The highest BCUT2D eigenvalue weighted by atomic mass is 32.2. The molecule has 1 heterocycles. The van der Waals surface area contributed by atoms with E-state index in [0.29, 0.717) is 12.3 Å². The molecule has 0 bridgehead atoms. The molecular weight excluding hydrogens is 388 g/mol. The molecule has 6 nitrogen and oxygen atoms in total. The van der Waals surface area contributed by atoms with Gasteiger partial charge in [0.05, 0.1) is 12.0 Å². The molecule has 1 fully saturated rings. The number of rotatable bonds is 8. The maximum absolute atomic E-state index is 12.6. The summed E-state index contributed by atoms with van der Waals surface area (Å²) in [6.07, 6.45) is 2.02. The van der Waals surface area contributed by atoms with Crippen LogP contribution >= 0.6 is 0 Å². The molecule has 0 saturated carbocycles. The third-order valence-corrected chi connectivity index (χ3v) is 6.71. The van der Waals surface area contributed by atoms with Gasteiger partial charge >= 0.3 is 0 Å². The van der Waals surface area contributed by atoms with E-state index in [9.17, 15) is 13.2 Å². The predicted octanol–water partition coefficient (Wildman–Crippen LogP) is 3.09. The molecule has 0 unspecified atom stereocenters. The number of carbonyl (C=O) groups is 1. The molecule has 3 rings (SSSR count). The Morgan fingerprint density at radius 1 is 1.21 bits per heavy atom. The predicted molar refractivity (Wildman–Crippen MR) is 113 cm³/mol. The van der Waals surface area contributed by atoms with Gasteiger partial charge in [0.2, 0.25) is 10.0 Å². The van der Waals surface area contributed by atoms with Gasteiger partial charge < -0.3 is 4.74 Å². The average Bonchev–Trinajstić information content (AvgIpc) is 2.73. The van der Waals surface area contributed by atoms with Crippen molar-refractivity contribution in [2.24, 2.45) is 5.92 Å². The number of nitrogens with one attached hydrogen (secondary N) is 1. The van der Waals surface area contributed by atoms with Gasteiger partial charge in [0.15, 0.2) is 5.78 Å². The van der Waals surface area contributed by atoms with Gasteiger partial charge in [-0.15, -0.1) is 0 Å². The molecule has 156 valence electrons. The van der Waals surface area contributed by atoms with E-state index in [0.717, 1.165) is 43.6 Å². The minimum atomic E-state index is -3.54. The maximum Gasteiger partial charge on any atom is 0.240 e. The first-order chi connectivity index (χ1) is 13.9. The standard InChI is InChI=1S/C22H28N2O4S/c1-17(25)20-7-3-5-18(13-20)15-24-12-4-6-19(16-24)14-23-29(26,27)22-10-8-21(28-2)9-11-22/h3,5,7-11,13,19,23H,4,6,12,14-16H2,1-2H3/t19-/m0/s1. The summed E-state index contributed by atoms with van der Waals surface area (Å²) in [5.41, 5.74) is 1.83. The van der Waals surface area contributed by atoms with E-state index in [2.05, 4.69) is 9.62 Å². The summed E-state index contributed by atoms with van der Waals surface area (Å²) >= 11 is 0. The summed E-state index contributed by atoms with van der Waals surface area (Å²) in [6, 6.07) is 14.1. The molecule has 7 heteroatoms. The highest BCUT2D eigenvalue weighted by Crippen LogP contribution is 2.20. The van der Waals surface area contributed by atoms with Gasteiger partial charge in [-0.2, -0.15) is 0 Å². The van der Waals surface area contributed by atoms with Crippen molar-refractivity contribution in [3.05, 3.63) is 59.7 Å². The van der Waals surface area contributed by atoms with E-state index >= 15 is 0 Å². The molecule has 0 spiro atoms. The molecule has 1 aliphatic rings. The lowest BCUT2D eigenvalue weighted by Crippen LogP contribution is -2.40. The fraction of sp³-hybridized carbons (Fsp3) is 0.409. The molecule has 29 heavy (non-hydrogen) atoms. The minimum Gasteiger partial charge on any atom is -0.497 e. The first kappa shape index (κ1) is 21.5. The molecule has 1 N–H and O–H groups in total. The monoisotopic (exact) mass is 416 g/mol. The van der Waals surface area contributed by atoms with E-state index in [-0.39, 0.29) is 16.6 Å². The summed E-state index contributed by atoms with van der Waals surface area (Å²) < 4.78 is 32.9. The van der Waals surface area contributed by atoms with Crippen molar-refractivity contribution in [2.45, 2.75) is 31.2 Å². The van der Waals surface area contributed by atoms with Crippen molar-refractivity contribution in [3.8, 4) is 5.75 Å². The Hall–Kier alpha value is -2.22. The van der Waals surface area contributed by atoms with Crippen LogP contribution in [0.25, 0.3) is 0 Å². The van der Waals surface area contributed by atoms with E-state index in [4.69, 9.17) is 4.74 Å². The quantitative estimate of drug-likeness (QED) is 0.670. The van der Waals surface area contributed by atoms with Crippen LogP contribution in [0.3, 0.4) is 0 Å². The lowest BCUT2D eigenvalue weighted by molar-refractivity contribution is 0.101. The van der Waals surface area contributed by atoms with Gasteiger partial charge in [0.1, 0.15) is 5.75 Å². The number of sulfonamides is 1. The number of hydrogen-bond donors (Lipinski definition) is 1.